The van der Waals surface area contributed by atoms with Crippen molar-refractivity contribution in [2.45, 2.75) is 45.3 Å². The number of nitrogens with one attached hydrogen (secondary N) is 1. The van der Waals surface area contributed by atoms with Gasteiger partial charge >= 0.3 is 0 Å². The first-order chi connectivity index (χ1) is 14.2. The van der Waals surface area contributed by atoms with Crippen LogP contribution in [-0.2, 0) is 5.92 Å². The predicted octanol–water partition coefficient (Wildman–Crippen LogP) is 4.19. The van der Waals surface area contributed by atoms with Gasteiger partial charge in [0.25, 0.3) is 5.92 Å². The van der Waals surface area contributed by atoms with Crippen LogP contribution >= 0.6 is 0 Å². The third-order valence-corrected chi connectivity index (χ3v) is 5.55. The van der Waals surface area contributed by atoms with E-state index in [9.17, 15) is 13.9 Å². The van der Waals surface area contributed by atoms with Gasteiger partial charge in [-0.25, -0.2) is 8.78 Å². The largest absolute Gasteiger partial charge is 0.391 e. The second-order valence-corrected chi connectivity index (χ2v) is 7.99. The molecule has 30 heavy (non-hydrogen) atoms. The van der Waals surface area contributed by atoms with Gasteiger partial charge in [0.1, 0.15) is 0 Å². The predicted molar refractivity (Wildman–Crippen MR) is 113 cm³/mol. The molecule has 0 bridgehead atoms. The zero-order valence-electron chi connectivity index (χ0n) is 17.2. The number of hydrogen-bond acceptors (Lipinski definition) is 6. The van der Waals surface area contributed by atoms with E-state index >= 15 is 0 Å². The van der Waals surface area contributed by atoms with Gasteiger partial charge in [-0.15, -0.1) is 5.10 Å². The Balaban J connectivity index is 1.67. The van der Waals surface area contributed by atoms with E-state index in [2.05, 4.69) is 25.4 Å². The number of hydrogen-bond donors (Lipinski definition) is 2. The number of aromatic nitrogens is 3. The number of pyridine rings is 1. The van der Waals surface area contributed by atoms with Crippen LogP contribution < -0.4 is 10.2 Å². The van der Waals surface area contributed by atoms with Gasteiger partial charge in [0.2, 0.25) is 0 Å². The fourth-order valence-corrected chi connectivity index (χ4v) is 3.77. The van der Waals surface area contributed by atoms with Crippen LogP contribution in [0.1, 0.15) is 43.1 Å². The Labute approximate surface area is 174 Å². The summed E-state index contributed by atoms with van der Waals surface area (Å²) in [5.74, 6) is -2.35. The Bertz CT molecular complexity index is 1070. The normalized spacial score (nSPS) is 18.1. The summed E-state index contributed by atoms with van der Waals surface area (Å²) in [7, 11) is 0. The van der Waals surface area contributed by atoms with Crippen LogP contribution in [0.25, 0.3) is 10.9 Å². The molecule has 6 nitrogen and oxygen atoms in total. The molecule has 1 aliphatic rings. The van der Waals surface area contributed by atoms with Gasteiger partial charge in [0.05, 0.1) is 35.2 Å². The molecular formula is C22H25F2N5O. The molecule has 2 aromatic heterocycles. The van der Waals surface area contributed by atoms with Crippen molar-refractivity contribution < 1.29 is 13.9 Å². The van der Waals surface area contributed by atoms with Crippen molar-refractivity contribution in [3.8, 4) is 0 Å². The monoisotopic (exact) mass is 413 g/mol. The topological polar surface area (TPSA) is 74.2 Å². The molecule has 3 aromatic rings. The number of β-amino-alcohol motifs (C(OH)–C–C–N with tert-alkyl or cyclic N) is 1. The van der Waals surface area contributed by atoms with E-state index in [0.717, 1.165) is 42.0 Å². The summed E-state index contributed by atoms with van der Waals surface area (Å²) in [5, 5.41) is 22.5. The lowest BCUT2D eigenvalue weighted by Gasteiger charge is -2.20. The summed E-state index contributed by atoms with van der Waals surface area (Å²) >= 11 is 0. The quantitative estimate of drug-likeness (QED) is 0.653. The molecule has 0 saturated carbocycles. The van der Waals surface area contributed by atoms with Gasteiger partial charge in [-0.1, -0.05) is 18.2 Å². The maximum Gasteiger partial charge on any atom is 0.270 e. The molecule has 0 spiro atoms. The molecule has 0 aliphatic carbocycles. The third-order valence-electron chi connectivity index (χ3n) is 5.55. The molecule has 158 valence electrons. The highest BCUT2D eigenvalue weighted by Gasteiger charge is 2.25. The van der Waals surface area contributed by atoms with Gasteiger partial charge in [0.15, 0.2) is 5.82 Å². The van der Waals surface area contributed by atoms with E-state index in [4.69, 9.17) is 0 Å². The molecule has 0 radical (unpaired) electrons. The first kappa shape index (κ1) is 20.4. The molecule has 1 saturated heterocycles. The van der Waals surface area contributed by atoms with Gasteiger partial charge in [-0.2, -0.15) is 5.10 Å². The zero-order chi connectivity index (χ0) is 21.5. The second kappa shape index (κ2) is 7.75. The minimum absolute atomic E-state index is 0.0231. The summed E-state index contributed by atoms with van der Waals surface area (Å²) < 4.78 is 27.4. The fraction of sp³-hybridized carbons (Fsp3) is 0.409. The minimum Gasteiger partial charge on any atom is -0.391 e. The highest BCUT2D eigenvalue weighted by atomic mass is 19.3. The average molecular weight is 413 g/mol. The van der Waals surface area contributed by atoms with E-state index in [1.165, 1.54) is 12.1 Å². The van der Waals surface area contributed by atoms with Gasteiger partial charge < -0.3 is 15.3 Å². The lowest BCUT2D eigenvalue weighted by molar-refractivity contribution is 0.0174. The third kappa shape index (κ3) is 4.05. The maximum atomic E-state index is 13.7. The number of halogens is 2. The minimum atomic E-state index is -2.90. The maximum absolute atomic E-state index is 13.7. The molecule has 8 heteroatoms. The van der Waals surface area contributed by atoms with Crippen molar-refractivity contribution in [3.63, 3.8) is 0 Å². The molecular weight excluding hydrogens is 388 g/mol. The van der Waals surface area contributed by atoms with E-state index < -0.39 is 5.92 Å². The summed E-state index contributed by atoms with van der Waals surface area (Å²) in [6.07, 6.45) is 2.18. The second-order valence-electron chi connectivity index (χ2n) is 7.99. The number of fused-ring (bicyclic) bond motifs is 1. The standard InChI is InChI=1S/C22H25F2N5O/c1-13(15-5-4-6-16(9-15)22(3,23)24)26-21-19-10-17(29-8-7-18(30)12-29)11-25-20(19)14(2)27-28-21/h4-6,9-11,13,18,30H,7-8,12H2,1-3H3,(H,26,28)/t13-,18+/m1/s1. The van der Waals surface area contributed by atoms with Crippen LogP contribution in [0.5, 0.6) is 0 Å². The first-order valence-electron chi connectivity index (χ1n) is 10.0. The molecule has 0 unspecified atom stereocenters. The summed E-state index contributed by atoms with van der Waals surface area (Å²) in [4.78, 5) is 6.66. The van der Waals surface area contributed by atoms with Crippen LogP contribution in [0, 0.1) is 6.92 Å². The smallest absolute Gasteiger partial charge is 0.270 e. The molecule has 4 rings (SSSR count). The van der Waals surface area contributed by atoms with Crippen molar-refractivity contribution >= 4 is 22.4 Å². The number of rotatable bonds is 5. The van der Waals surface area contributed by atoms with E-state index in [-0.39, 0.29) is 17.7 Å². The molecule has 2 N–H and O–H groups in total. The summed E-state index contributed by atoms with van der Waals surface area (Å²) in [5.41, 5.74) is 3.07. The number of alkyl halides is 2. The Morgan fingerprint density at radius 2 is 2.07 bits per heavy atom. The van der Waals surface area contributed by atoms with Gasteiger partial charge in [0, 0.05) is 31.0 Å². The highest BCUT2D eigenvalue weighted by Crippen LogP contribution is 2.32. The van der Waals surface area contributed by atoms with Gasteiger partial charge in [-0.3, -0.25) is 4.98 Å². The van der Waals surface area contributed by atoms with Crippen LogP contribution in [0.2, 0.25) is 0 Å². The highest BCUT2D eigenvalue weighted by molar-refractivity contribution is 5.92. The molecule has 1 fully saturated rings. The Kier molecular flexibility index (Phi) is 5.27. The molecule has 1 aromatic carbocycles. The van der Waals surface area contributed by atoms with Crippen LogP contribution in [-0.4, -0.2) is 39.5 Å². The van der Waals surface area contributed by atoms with Crippen molar-refractivity contribution in [1.82, 2.24) is 15.2 Å². The van der Waals surface area contributed by atoms with Crippen LogP contribution in [0.3, 0.4) is 0 Å². The summed E-state index contributed by atoms with van der Waals surface area (Å²) in [6, 6.07) is 8.12. The lowest BCUT2D eigenvalue weighted by atomic mass is 10.0. The van der Waals surface area contributed by atoms with E-state index in [1.54, 1.807) is 12.3 Å². The van der Waals surface area contributed by atoms with Crippen molar-refractivity contribution in [3.05, 3.63) is 53.3 Å². The average Bonchev–Trinajstić information content (AvgIpc) is 3.15. The number of nitrogens with zero attached hydrogens (tertiary/aromatic N) is 4. The van der Waals surface area contributed by atoms with Crippen molar-refractivity contribution in [2.75, 3.05) is 23.3 Å². The molecule has 0 amide bonds. The Morgan fingerprint density at radius 1 is 1.27 bits per heavy atom. The van der Waals surface area contributed by atoms with E-state index in [0.29, 0.717) is 18.1 Å². The Morgan fingerprint density at radius 3 is 2.77 bits per heavy atom. The molecule has 1 aliphatic heterocycles. The first-order valence-corrected chi connectivity index (χ1v) is 10.0. The van der Waals surface area contributed by atoms with Crippen LogP contribution in [0.15, 0.2) is 36.5 Å². The Hall–Kier alpha value is -2.87. The number of benzene rings is 1. The van der Waals surface area contributed by atoms with E-state index in [1.807, 2.05) is 26.0 Å². The van der Waals surface area contributed by atoms with Gasteiger partial charge in [-0.05, 0) is 38.0 Å². The van der Waals surface area contributed by atoms with Crippen molar-refractivity contribution in [1.29, 1.82) is 0 Å². The molecule has 2 atom stereocenters. The van der Waals surface area contributed by atoms with Crippen LogP contribution in [0.4, 0.5) is 20.3 Å². The number of aliphatic hydroxyl groups is 1. The number of aliphatic hydroxyl groups excluding tert-OH is 1. The van der Waals surface area contributed by atoms with Crippen molar-refractivity contribution in [2.24, 2.45) is 0 Å². The zero-order valence-corrected chi connectivity index (χ0v) is 17.2. The SMILES string of the molecule is Cc1nnc(N[C@H](C)c2cccc(C(C)(F)F)c2)c2cc(N3CC[C@H](O)C3)cnc12. The molecule has 3 heterocycles. The lowest BCUT2D eigenvalue weighted by Crippen LogP contribution is -2.21. The fourth-order valence-electron chi connectivity index (χ4n) is 3.77. The number of anilines is 2. The number of aryl methyl sites for hydroxylation is 1. The summed E-state index contributed by atoms with van der Waals surface area (Å²) in [6.45, 7) is 5.98.